The molecule has 2 aromatic rings. The molecule has 1 amide bonds. The number of nitrogens with zero attached hydrogens (tertiary/aromatic N) is 2. The second kappa shape index (κ2) is 6.73. The van der Waals surface area contributed by atoms with E-state index in [4.69, 9.17) is 10.7 Å². The third-order valence-corrected chi connectivity index (χ3v) is 2.99. The van der Waals surface area contributed by atoms with Crippen molar-refractivity contribution in [1.82, 2.24) is 4.57 Å². The highest BCUT2D eigenvalue weighted by molar-refractivity contribution is 7.06. The van der Waals surface area contributed by atoms with E-state index >= 15 is 0 Å². The van der Waals surface area contributed by atoms with Crippen LogP contribution in [-0.2, 0) is 11.3 Å². The summed E-state index contributed by atoms with van der Waals surface area (Å²) in [5, 5.41) is 20.7. The Kier molecular flexibility index (Phi) is 5.30. The van der Waals surface area contributed by atoms with Crippen molar-refractivity contribution < 1.29 is 4.79 Å². The lowest BCUT2D eigenvalue weighted by atomic mass is 10.2. The lowest BCUT2D eigenvalue weighted by molar-refractivity contribution is -0.116. The first-order chi connectivity index (χ1) is 8.69. The predicted octanol–water partition coefficient (Wildman–Crippen LogP) is 1.96. The number of aromatic nitrogens is 1. The van der Waals surface area contributed by atoms with Gasteiger partial charge in [-0.1, -0.05) is 6.07 Å². The average molecular weight is 295 g/mol. The smallest absolute Gasteiger partial charge is 0.244 e. The fraction of sp³-hybridized carbons (Fsp3) is 0.0833. The number of carbonyl (C=O) groups excluding carboxylic acids is 1. The van der Waals surface area contributed by atoms with Crippen LogP contribution in [-0.4, -0.2) is 10.5 Å². The van der Waals surface area contributed by atoms with Crippen LogP contribution < -0.4 is 10.1 Å². The summed E-state index contributed by atoms with van der Waals surface area (Å²) in [4.78, 5) is 12.1. The standard InChI is InChI=1S/C12H10N4OS.ClH/c13-7-9-2-1-3-10(6-9)15-11(17)8-16-4-5-18-12(16)14;/h1-6,14H,8H2,(H,15,17);1H. The van der Waals surface area contributed by atoms with E-state index in [9.17, 15) is 4.79 Å². The Labute approximate surface area is 120 Å². The molecule has 0 spiro atoms. The van der Waals surface area contributed by atoms with Gasteiger partial charge < -0.3 is 9.88 Å². The SMILES string of the molecule is Cl.N#Cc1cccc(NC(=O)Cn2ccsc2=N)c1. The van der Waals surface area contributed by atoms with E-state index in [0.29, 0.717) is 16.1 Å². The summed E-state index contributed by atoms with van der Waals surface area (Å²) < 4.78 is 1.55. The van der Waals surface area contributed by atoms with Crippen molar-refractivity contribution >= 4 is 35.3 Å². The Hall–Kier alpha value is -2.10. The highest BCUT2D eigenvalue weighted by Gasteiger charge is 2.04. The van der Waals surface area contributed by atoms with Gasteiger partial charge in [0.2, 0.25) is 5.91 Å². The predicted molar refractivity (Wildman–Crippen MR) is 75.2 cm³/mol. The molecule has 0 aliphatic rings. The minimum Gasteiger partial charge on any atom is -0.324 e. The van der Waals surface area contributed by atoms with Gasteiger partial charge in [0.1, 0.15) is 6.54 Å². The number of benzene rings is 1. The van der Waals surface area contributed by atoms with E-state index in [0.717, 1.165) is 0 Å². The van der Waals surface area contributed by atoms with Crippen LogP contribution in [0.15, 0.2) is 35.8 Å². The highest BCUT2D eigenvalue weighted by Crippen LogP contribution is 2.09. The van der Waals surface area contributed by atoms with Gasteiger partial charge in [-0.05, 0) is 18.2 Å². The number of halogens is 1. The minimum atomic E-state index is -0.220. The van der Waals surface area contributed by atoms with Crippen molar-refractivity contribution in [3.8, 4) is 6.07 Å². The van der Waals surface area contributed by atoms with Gasteiger partial charge in [0.05, 0.1) is 11.6 Å². The van der Waals surface area contributed by atoms with Gasteiger partial charge in [-0.3, -0.25) is 10.2 Å². The molecule has 1 heterocycles. The number of nitrogens with one attached hydrogen (secondary N) is 2. The van der Waals surface area contributed by atoms with E-state index in [1.54, 1.807) is 40.4 Å². The molecule has 2 N–H and O–H groups in total. The fourth-order valence-corrected chi connectivity index (χ4v) is 2.05. The van der Waals surface area contributed by atoms with Crippen LogP contribution >= 0.6 is 23.7 Å². The summed E-state index contributed by atoms with van der Waals surface area (Å²) in [7, 11) is 0. The summed E-state index contributed by atoms with van der Waals surface area (Å²) in [5.41, 5.74) is 1.08. The zero-order valence-electron chi connectivity index (χ0n) is 9.79. The second-order valence-electron chi connectivity index (χ2n) is 3.58. The van der Waals surface area contributed by atoms with Crippen LogP contribution in [0.2, 0.25) is 0 Å². The van der Waals surface area contributed by atoms with Gasteiger partial charge in [0, 0.05) is 17.3 Å². The molecule has 0 aliphatic carbocycles. The van der Waals surface area contributed by atoms with Crippen molar-refractivity contribution in [2.24, 2.45) is 0 Å². The maximum atomic E-state index is 11.7. The Morgan fingerprint density at radius 3 is 2.95 bits per heavy atom. The summed E-state index contributed by atoms with van der Waals surface area (Å²) >= 11 is 1.27. The summed E-state index contributed by atoms with van der Waals surface area (Å²) in [6.07, 6.45) is 1.69. The van der Waals surface area contributed by atoms with Gasteiger partial charge >= 0.3 is 0 Å². The molecule has 0 radical (unpaired) electrons. The van der Waals surface area contributed by atoms with Crippen LogP contribution in [0.5, 0.6) is 0 Å². The Bertz CT molecular complexity index is 671. The number of amides is 1. The quantitative estimate of drug-likeness (QED) is 0.907. The number of anilines is 1. The first-order valence-corrected chi connectivity index (χ1v) is 6.05. The fourth-order valence-electron chi connectivity index (χ4n) is 1.45. The monoisotopic (exact) mass is 294 g/mol. The van der Waals surface area contributed by atoms with Crippen LogP contribution in [0.3, 0.4) is 0 Å². The topological polar surface area (TPSA) is 81.7 Å². The lowest BCUT2D eigenvalue weighted by Crippen LogP contribution is -2.23. The normalized spacial score (nSPS) is 9.21. The first kappa shape index (κ1) is 15.0. The van der Waals surface area contributed by atoms with Gasteiger partial charge in [-0.15, -0.1) is 23.7 Å². The van der Waals surface area contributed by atoms with Crippen LogP contribution in [0.1, 0.15) is 5.56 Å². The molecule has 0 fully saturated rings. The Balaban J connectivity index is 0.00000180. The number of carbonyl (C=O) groups is 1. The van der Waals surface area contributed by atoms with Crippen LogP contribution in [0, 0.1) is 16.7 Å². The molecule has 0 bridgehead atoms. The Morgan fingerprint density at radius 2 is 2.32 bits per heavy atom. The van der Waals surface area contributed by atoms with E-state index in [1.807, 2.05) is 6.07 Å². The van der Waals surface area contributed by atoms with Crippen molar-refractivity contribution in [3.63, 3.8) is 0 Å². The zero-order chi connectivity index (χ0) is 13.0. The first-order valence-electron chi connectivity index (χ1n) is 5.17. The molecule has 19 heavy (non-hydrogen) atoms. The van der Waals surface area contributed by atoms with Crippen molar-refractivity contribution in [2.45, 2.75) is 6.54 Å². The maximum Gasteiger partial charge on any atom is 0.244 e. The molecule has 0 saturated heterocycles. The molecule has 2 rings (SSSR count). The average Bonchev–Trinajstić information content (AvgIpc) is 2.75. The van der Waals surface area contributed by atoms with E-state index < -0.39 is 0 Å². The molecular weight excluding hydrogens is 284 g/mol. The van der Waals surface area contributed by atoms with Gasteiger partial charge in [0.15, 0.2) is 4.80 Å². The molecule has 0 unspecified atom stereocenters. The molecular formula is C12H11ClN4OS. The molecule has 0 saturated carbocycles. The molecule has 7 heteroatoms. The zero-order valence-corrected chi connectivity index (χ0v) is 11.4. The van der Waals surface area contributed by atoms with Gasteiger partial charge in [0.25, 0.3) is 0 Å². The number of nitriles is 1. The molecule has 98 valence electrons. The maximum absolute atomic E-state index is 11.7. The molecule has 5 nitrogen and oxygen atoms in total. The summed E-state index contributed by atoms with van der Waals surface area (Å²) in [6.45, 7) is 0.0963. The second-order valence-corrected chi connectivity index (χ2v) is 4.47. The molecule has 0 aliphatic heterocycles. The number of rotatable bonds is 3. The van der Waals surface area contributed by atoms with E-state index in [-0.39, 0.29) is 24.9 Å². The number of hydrogen-bond acceptors (Lipinski definition) is 4. The third-order valence-electron chi connectivity index (χ3n) is 2.27. The molecule has 1 aromatic heterocycles. The highest BCUT2D eigenvalue weighted by atomic mass is 35.5. The van der Waals surface area contributed by atoms with Crippen LogP contribution in [0.25, 0.3) is 0 Å². The Morgan fingerprint density at radius 1 is 1.53 bits per heavy atom. The summed E-state index contributed by atoms with van der Waals surface area (Å²) in [6, 6.07) is 8.72. The van der Waals surface area contributed by atoms with Crippen molar-refractivity contribution in [2.75, 3.05) is 5.32 Å². The largest absolute Gasteiger partial charge is 0.324 e. The van der Waals surface area contributed by atoms with Crippen LogP contribution in [0.4, 0.5) is 5.69 Å². The van der Waals surface area contributed by atoms with Crippen molar-refractivity contribution in [1.29, 1.82) is 10.7 Å². The number of thiazole rings is 1. The van der Waals surface area contributed by atoms with Gasteiger partial charge in [-0.2, -0.15) is 5.26 Å². The van der Waals surface area contributed by atoms with E-state index in [2.05, 4.69) is 5.32 Å². The third kappa shape index (κ3) is 3.95. The molecule has 0 atom stereocenters. The molecule has 1 aromatic carbocycles. The van der Waals surface area contributed by atoms with Gasteiger partial charge in [-0.25, -0.2) is 0 Å². The summed E-state index contributed by atoms with van der Waals surface area (Å²) in [5.74, 6) is -0.220. The minimum absolute atomic E-state index is 0. The number of hydrogen-bond donors (Lipinski definition) is 2. The lowest BCUT2D eigenvalue weighted by Gasteiger charge is -2.05. The van der Waals surface area contributed by atoms with Crippen molar-refractivity contribution in [3.05, 3.63) is 46.2 Å². The van der Waals surface area contributed by atoms with E-state index in [1.165, 1.54) is 11.3 Å².